The molecule has 0 bridgehead atoms. The Morgan fingerprint density at radius 1 is 1.14 bits per heavy atom. The molecule has 2 aromatic carbocycles. The number of carbonyl (C=O) groups excluding carboxylic acids is 1. The van der Waals surface area contributed by atoms with Crippen LogP contribution in [0.1, 0.15) is 17.5 Å². The van der Waals surface area contributed by atoms with Crippen LogP contribution in [0.2, 0.25) is 0 Å². The molecule has 1 amide bonds. The summed E-state index contributed by atoms with van der Waals surface area (Å²) in [5.74, 6) is -1.53. The standard InChI is InChI=1S/C17H13F2NO2/c18-11-4-7-16(15(19)9-11)22-12-5-6-13-10(8-12)2-1-3-14(13)17(20)21/h3-9H,1-2H2,(H2,20,21). The van der Waals surface area contributed by atoms with Gasteiger partial charge in [0.15, 0.2) is 11.6 Å². The van der Waals surface area contributed by atoms with Crippen LogP contribution >= 0.6 is 0 Å². The molecule has 0 fully saturated rings. The Bertz CT molecular complexity index is 784. The van der Waals surface area contributed by atoms with Crippen molar-refractivity contribution in [1.82, 2.24) is 0 Å². The molecule has 22 heavy (non-hydrogen) atoms. The Morgan fingerprint density at radius 3 is 2.68 bits per heavy atom. The van der Waals surface area contributed by atoms with Gasteiger partial charge in [-0.05, 0) is 48.2 Å². The van der Waals surface area contributed by atoms with Crippen molar-refractivity contribution < 1.29 is 18.3 Å². The number of allylic oxidation sites excluding steroid dienone is 1. The molecule has 0 saturated heterocycles. The van der Waals surface area contributed by atoms with E-state index in [-0.39, 0.29) is 5.75 Å². The Hall–Kier alpha value is -2.69. The first kappa shape index (κ1) is 14.3. The lowest BCUT2D eigenvalue weighted by atomic mass is 9.90. The first-order valence-electron chi connectivity index (χ1n) is 6.81. The molecule has 112 valence electrons. The fourth-order valence-corrected chi connectivity index (χ4v) is 2.50. The number of fused-ring (bicyclic) bond motifs is 1. The molecule has 3 nitrogen and oxygen atoms in total. The molecule has 0 radical (unpaired) electrons. The van der Waals surface area contributed by atoms with Gasteiger partial charge in [-0.1, -0.05) is 12.1 Å². The molecule has 0 unspecified atom stereocenters. The van der Waals surface area contributed by atoms with E-state index in [0.29, 0.717) is 17.7 Å². The predicted octanol–water partition coefficient (Wildman–Crippen LogP) is 3.57. The van der Waals surface area contributed by atoms with Crippen LogP contribution in [0, 0.1) is 11.6 Å². The molecule has 2 aromatic rings. The van der Waals surface area contributed by atoms with Crippen LogP contribution in [0.15, 0.2) is 42.5 Å². The summed E-state index contributed by atoms with van der Waals surface area (Å²) in [7, 11) is 0. The molecule has 3 rings (SSSR count). The maximum absolute atomic E-state index is 13.6. The molecule has 0 aliphatic heterocycles. The lowest BCUT2D eigenvalue weighted by Crippen LogP contribution is -2.16. The first-order chi connectivity index (χ1) is 10.5. The summed E-state index contributed by atoms with van der Waals surface area (Å²) in [4.78, 5) is 11.4. The van der Waals surface area contributed by atoms with E-state index < -0.39 is 17.5 Å². The number of benzene rings is 2. The van der Waals surface area contributed by atoms with Gasteiger partial charge in [-0.25, -0.2) is 8.78 Å². The fourth-order valence-electron chi connectivity index (χ4n) is 2.50. The second kappa shape index (κ2) is 5.60. The van der Waals surface area contributed by atoms with Crippen LogP contribution in [0.3, 0.4) is 0 Å². The number of nitrogens with two attached hydrogens (primary N) is 1. The summed E-state index contributed by atoms with van der Waals surface area (Å²) >= 11 is 0. The van der Waals surface area contributed by atoms with Gasteiger partial charge in [0.1, 0.15) is 11.6 Å². The summed E-state index contributed by atoms with van der Waals surface area (Å²) in [6.07, 6.45) is 3.26. The van der Waals surface area contributed by atoms with E-state index in [1.54, 1.807) is 18.2 Å². The van der Waals surface area contributed by atoms with Crippen molar-refractivity contribution >= 4 is 11.5 Å². The van der Waals surface area contributed by atoms with Gasteiger partial charge in [0.05, 0.1) is 0 Å². The quantitative estimate of drug-likeness (QED) is 0.942. The lowest BCUT2D eigenvalue weighted by molar-refractivity contribution is -0.112. The molecular weight excluding hydrogens is 288 g/mol. The Kier molecular flexibility index (Phi) is 3.63. The van der Waals surface area contributed by atoms with Crippen LogP contribution in [0.25, 0.3) is 5.57 Å². The normalized spacial score (nSPS) is 13.3. The Morgan fingerprint density at radius 2 is 1.95 bits per heavy atom. The minimum atomic E-state index is -0.768. The number of primary amides is 1. The van der Waals surface area contributed by atoms with E-state index in [4.69, 9.17) is 10.5 Å². The number of hydrogen-bond donors (Lipinski definition) is 1. The van der Waals surface area contributed by atoms with Crippen molar-refractivity contribution in [3.05, 3.63) is 65.2 Å². The largest absolute Gasteiger partial charge is 0.454 e. The SMILES string of the molecule is NC(=O)C1=CCCc2cc(Oc3ccc(F)cc3F)ccc21. The van der Waals surface area contributed by atoms with Crippen LogP contribution in [0.5, 0.6) is 11.5 Å². The third-order valence-electron chi connectivity index (χ3n) is 3.52. The predicted molar refractivity (Wildman–Crippen MR) is 78.4 cm³/mol. The summed E-state index contributed by atoms with van der Waals surface area (Å²) in [6.45, 7) is 0. The van der Waals surface area contributed by atoms with E-state index >= 15 is 0 Å². The van der Waals surface area contributed by atoms with E-state index in [9.17, 15) is 13.6 Å². The average molecular weight is 301 g/mol. The second-order valence-electron chi connectivity index (χ2n) is 5.02. The monoisotopic (exact) mass is 301 g/mol. The maximum atomic E-state index is 13.6. The van der Waals surface area contributed by atoms with Crippen molar-refractivity contribution in [2.45, 2.75) is 12.8 Å². The van der Waals surface area contributed by atoms with E-state index in [0.717, 1.165) is 29.7 Å². The molecule has 0 spiro atoms. The highest BCUT2D eigenvalue weighted by Crippen LogP contribution is 2.32. The second-order valence-corrected chi connectivity index (χ2v) is 5.02. The minimum absolute atomic E-state index is 0.0529. The van der Waals surface area contributed by atoms with Gasteiger partial charge < -0.3 is 10.5 Å². The lowest BCUT2D eigenvalue weighted by Gasteiger charge is -2.17. The van der Waals surface area contributed by atoms with Crippen molar-refractivity contribution in [2.75, 3.05) is 0 Å². The highest BCUT2D eigenvalue weighted by Gasteiger charge is 2.17. The van der Waals surface area contributed by atoms with Crippen LogP contribution in [-0.2, 0) is 11.2 Å². The molecular formula is C17H13F2NO2. The average Bonchev–Trinajstić information content (AvgIpc) is 2.49. The minimum Gasteiger partial charge on any atom is -0.454 e. The van der Waals surface area contributed by atoms with Crippen molar-refractivity contribution in [1.29, 1.82) is 0 Å². The zero-order valence-corrected chi connectivity index (χ0v) is 11.6. The molecule has 1 aliphatic rings. The Balaban J connectivity index is 1.91. The van der Waals surface area contributed by atoms with Crippen LogP contribution in [-0.4, -0.2) is 5.91 Å². The van der Waals surface area contributed by atoms with Crippen molar-refractivity contribution in [3.63, 3.8) is 0 Å². The number of hydrogen-bond acceptors (Lipinski definition) is 2. The first-order valence-corrected chi connectivity index (χ1v) is 6.81. The zero-order valence-electron chi connectivity index (χ0n) is 11.6. The van der Waals surface area contributed by atoms with Gasteiger partial charge in [-0.2, -0.15) is 0 Å². The number of amides is 1. The highest BCUT2D eigenvalue weighted by molar-refractivity contribution is 6.19. The molecule has 5 heteroatoms. The van der Waals surface area contributed by atoms with Crippen molar-refractivity contribution in [3.8, 4) is 11.5 Å². The van der Waals surface area contributed by atoms with Crippen LogP contribution < -0.4 is 10.5 Å². The number of carbonyl (C=O) groups is 1. The zero-order chi connectivity index (χ0) is 15.7. The third kappa shape index (κ3) is 2.70. The van der Waals surface area contributed by atoms with Gasteiger partial charge in [-0.3, -0.25) is 4.79 Å². The summed E-state index contributed by atoms with van der Waals surface area (Å²) in [6, 6.07) is 8.23. The Labute approximate surface area is 126 Å². The maximum Gasteiger partial charge on any atom is 0.248 e. The fraction of sp³-hybridized carbons (Fsp3) is 0.118. The van der Waals surface area contributed by atoms with Gasteiger partial charge in [-0.15, -0.1) is 0 Å². The number of ether oxygens (including phenoxy) is 1. The van der Waals surface area contributed by atoms with Gasteiger partial charge >= 0.3 is 0 Å². The summed E-state index contributed by atoms with van der Waals surface area (Å²) < 4.78 is 31.9. The van der Waals surface area contributed by atoms with E-state index in [1.807, 2.05) is 6.08 Å². The number of rotatable bonds is 3. The summed E-state index contributed by atoms with van der Waals surface area (Å²) in [5, 5.41) is 0. The van der Waals surface area contributed by atoms with Crippen LogP contribution in [0.4, 0.5) is 8.78 Å². The third-order valence-corrected chi connectivity index (χ3v) is 3.52. The van der Waals surface area contributed by atoms with Gasteiger partial charge in [0, 0.05) is 11.6 Å². The van der Waals surface area contributed by atoms with E-state index in [1.165, 1.54) is 6.07 Å². The molecule has 0 aromatic heterocycles. The smallest absolute Gasteiger partial charge is 0.248 e. The van der Waals surface area contributed by atoms with E-state index in [2.05, 4.69) is 0 Å². The van der Waals surface area contributed by atoms with Crippen molar-refractivity contribution in [2.24, 2.45) is 5.73 Å². The van der Waals surface area contributed by atoms with Gasteiger partial charge in [0.2, 0.25) is 5.91 Å². The molecule has 0 atom stereocenters. The number of aryl methyl sites for hydroxylation is 1. The molecule has 2 N–H and O–H groups in total. The topological polar surface area (TPSA) is 52.3 Å². The number of halogens is 2. The molecule has 0 heterocycles. The molecule has 1 aliphatic carbocycles. The summed E-state index contributed by atoms with van der Waals surface area (Å²) in [5.41, 5.74) is 7.52. The highest BCUT2D eigenvalue weighted by atomic mass is 19.1. The van der Waals surface area contributed by atoms with Gasteiger partial charge in [0.25, 0.3) is 0 Å². The molecule has 0 saturated carbocycles.